The highest BCUT2D eigenvalue weighted by Gasteiger charge is 2.55. The summed E-state index contributed by atoms with van der Waals surface area (Å²) in [5.41, 5.74) is -1.22. The number of aliphatic hydroxyl groups is 1. The molecule has 3 heterocycles. The highest BCUT2D eigenvalue weighted by atomic mass is 32.2. The van der Waals surface area contributed by atoms with Gasteiger partial charge >= 0.3 is 5.97 Å². The number of ether oxygens (including phenoxy) is 1. The van der Waals surface area contributed by atoms with E-state index in [2.05, 4.69) is 0 Å². The molecule has 2 aromatic heterocycles. The van der Waals surface area contributed by atoms with Crippen molar-refractivity contribution >= 4 is 35.3 Å². The van der Waals surface area contributed by atoms with Gasteiger partial charge in [-0.15, -0.1) is 23.5 Å². The van der Waals surface area contributed by atoms with Gasteiger partial charge in [-0.1, -0.05) is 0 Å². The fourth-order valence-corrected chi connectivity index (χ4v) is 4.90. The lowest BCUT2D eigenvalue weighted by molar-refractivity contribution is -0.154. The molecule has 6 nitrogen and oxygen atoms in total. The predicted molar refractivity (Wildman–Crippen MR) is 89.6 cm³/mol. The fourth-order valence-electron chi connectivity index (χ4n) is 2.41. The van der Waals surface area contributed by atoms with E-state index >= 15 is 0 Å². The molecule has 1 N–H and O–H groups in total. The number of carbonyl (C=O) groups excluding carboxylic acids is 2. The van der Waals surface area contributed by atoms with E-state index in [0.717, 1.165) is 5.76 Å². The van der Waals surface area contributed by atoms with Crippen LogP contribution in [0.1, 0.15) is 11.5 Å². The molecule has 0 spiro atoms. The minimum atomic E-state index is -1.22. The first-order chi connectivity index (χ1) is 11.6. The Hall–Kier alpha value is -1.64. The van der Waals surface area contributed by atoms with Gasteiger partial charge in [0.2, 0.25) is 0 Å². The maximum absolute atomic E-state index is 12.2. The highest BCUT2D eigenvalue weighted by molar-refractivity contribution is 8.00. The molecule has 1 fully saturated rings. The number of Topliss-reactive ketones (excluding diaryl/α,β-unsaturated/α-hetero) is 1. The van der Waals surface area contributed by atoms with Crippen LogP contribution in [0.15, 0.2) is 45.6 Å². The maximum Gasteiger partial charge on any atom is 0.376 e. The zero-order valence-electron chi connectivity index (χ0n) is 12.7. The van der Waals surface area contributed by atoms with E-state index in [1.54, 1.807) is 30.7 Å². The van der Waals surface area contributed by atoms with Gasteiger partial charge in [-0.2, -0.15) is 0 Å². The van der Waals surface area contributed by atoms with Gasteiger partial charge in [0, 0.05) is 5.75 Å². The number of rotatable bonds is 8. The monoisotopic (exact) mass is 368 g/mol. The molecule has 24 heavy (non-hydrogen) atoms. The standard InChI is InChI=1S/C16H16O6S2/c17-9-16(10-23-7-11-3-1-5-20-11)14(13(18)15(19)22-16)24-8-12-4-2-6-21-12/h1-6,14,17H,7-10H2. The average Bonchev–Trinajstić information content (AvgIpc) is 3.30. The van der Waals surface area contributed by atoms with E-state index in [-0.39, 0.29) is 0 Å². The second-order valence-corrected chi connectivity index (χ2v) is 7.40. The van der Waals surface area contributed by atoms with E-state index in [0.29, 0.717) is 23.0 Å². The minimum Gasteiger partial charge on any atom is -0.468 e. The van der Waals surface area contributed by atoms with Crippen LogP contribution in [-0.4, -0.2) is 40.1 Å². The first-order valence-corrected chi connectivity index (χ1v) is 9.47. The summed E-state index contributed by atoms with van der Waals surface area (Å²) in [4.78, 5) is 23.9. The van der Waals surface area contributed by atoms with Gasteiger partial charge in [0.1, 0.15) is 16.8 Å². The topological polar surface area (TPSA) is 89.9 Å². The summed E-state index contributed by atoms with van der Waals surface area (Å²) in [5, 5.41) is 9.07. The van der Waals surface area contributed by atoms with E-state index in [9.17, 15) is 14.7 Å². The van der Waals surface area contributed by atoms with Gasteiger partial charge in [0.25, 0.3) is 5.78 Å². The molecule has 2 unspecified atom stereocenters. The largest absolute Gasteiger partial charge is 0.468 e. The number of hydrogen-bond acceptors (Lipinski definition) is 8. The number of furan rings is 2. The van der Waals surface area contributed by atoms with Crippen LogP contribution in [0.5, 0.6) is 0 Å². The van der Waals surface area contributed by atoms with Gasteiger partial charge < -0.3 is 18.7 Å². The van der Waals surface area contributed by atoms with Crippen LogP contribution in [0.2, 0.25) is 0 Å². The molecule has 8 heteroatoms. The molecule has 0 aliphatic carbocycles. The van der Waals surface area contributed by atoms with E-state index in [1.165, 1.54) is 23.5 Å². The number of hydrogen-bond donors (Lipinski definition) is 1. The number of carbonyl (C=O) groups is 2. The number of aliphatic hydroxyl groups excluding tert-OH is 1. The lowest BCUT2D eigenvalue weighted by Gasteiger charge is -2.29. The Morgan fingerprint density at radius 2 is 1.75 bits per heavy atom. The Bertz CT molecular complexity index is 682. The zero-order valence-corrected chi connectivity index (χ0v) is 14.3. The predicted octanol–water partition coefficient (Wildman–Crippen LogP) is 2.26. The van der Waals surface area contributed by atoms with Crippen molar-refractivity contribution in [3.8, 4) is 0 Å². The number of esters is 1. The van der Waals surface area contributed by atoms with Gasteiger partial charge in [0.05, 0.1) is 30.6 Å². The zero-order chi connectivity index (χ0) is 17.0. The summed E-state index contributed by atoms with van der Waals surface area (Å²) in [6.07, 6.45) is 3.13. The second kappa shape index (κ2) is 7.50. The van der Waals surface area contributed by atoms with Crippen LogP contribution in [0.4, 0.5) is 0 Å². The Morgan fingerprint density at radius 3 is 2.33 bits per heavy atom. The molecule has 0 bridgehead atoms. The summed E-state index contributed by atoms with van der Waals surface area (Å²) in [6, 6.07) is 7.18. The van der Waals surface area contributed by atoms with Crippen LogP contribution in [0, 0.1) is 0 Å². The first-order valence-electron chi connectivity index (χ1n) is 7.27. The quantitative estimate of drug-likeness (QED) is 0.561. The molecule has 2 atom stereocenters. The van der Waals surface area contributed by atoms with E-state index in [4.69, 9.17) is 13.6 Å². The Labute approximate surface area is 146 Å². The number of thioether (sulfide) groups is 2. The Kier molecular flexibility index (Phi) is 5.37. The Morgan fingerprint density at radius 1 is 1.08 bits per heavy atom. The molecule has 2 aromatic rings. The van der Waals surface area contributed by atoms with Crippen molar-refractivity contribution in [3.63, 3.8) is 0 Å². The van der Waals surface area contributed by atoms with E-state index in [1.807, 2.05) is 6.07 Å². The molecule has 3 rings (SSSR count). The van der Waals surface area contributed by atoms with Crippen molar-refractivity contribution < 1.29 is 28.3 Å². The maximum atomic E-state index is 12.2. The SMILES string of the molecule is O=C1OC(CO)(CSCc2ccco2)C(SCc2ccco2)C1=O. The Balaban J connectivity index is 1.67. The van der Waals surface area contributed by atoms with E-state index < -0.39 is 29.2 Å². The fraction of sp³-hybridized carbons (Fsp3) is 0.375. The molecular formula is C16H16O6S2. The molecule has 1 saturated heterocycles. The third kappa shape index (κ3) is 3.55. The van der Waals surface area contributed by atoms with Crippen LogP contribution >= 0.6 is 23.5 Å². The van der Waals surface area contributed by atoms with Gasteiger partial charge in [-0.3, -0.25) is 4.79 Å². The second-order valence-electron chi connectivity index (χ2n) is 5.32. The molecule has 1 aliphatic rings. The molecular weight excluding hydrogens is 352 g/mol. The van der Waals surface area contributed by atoms with Gasteiger partial charge in [-0.05, 0) is 24.3 Å². The van der Waals surface area contributed by atoms with Crippen molar-refractivity contribution in [2.75, 3.05) is 12.4 Å². The van der Waals surface area contributed by atoms with Crippen molar-refractivity contribution in [2.24, 2.45) is 0 Å². The lowest BCUT2D eigenvalue weighted by atomic mass is 10.0. The summed E-state index contributed by atoms with van der Waals surface area (Å²) in [7, 11) is 0. The van der Waals surface area contributed by atoms with Crippen LogP contribution in [-0.2, 0) is 25.8 Å². The number of cyclic esters (lactones) is 1. The van der Waals surface area contributed by atoms with Crippen molar-refractivity contribution in [2.45, 2.75) is 22.4 Å². The summed E-state index contributed by atoms with van der Waals surface area (Å²) in [6.45, 7) is -0.411. The van der Waals surface area contributed by atoms with Gasteiger partial charge in [0.15, 0.2) is 5.60 Å². The van der Waals surface area contributed by atoms with Crippen molar-refractivity contribution in [1.29, 1.82) is 0 Å². The molecule has 0 aromatic carbocycles. The first kappa shape index (κ1) is 17.2. The third-order valence-corrected chi connectivity index (χ3v) is 6.23. The minimum absolute atomic E-state index is 0.303. The smallest absolute Gasteiger partial charge is 0.376 e. The van der Waals surface area contributed by atoms with Crippen molar-refractivity contribution in [3.05, 3.63) is 48.3 Å². The summed E-state index contributed by atoms with van der Waals surface area (Å²) < 4.78 is 15.8. The number of ketones is 1. The molecule has 0 saturated carbocycles. The summed E-state index contributed by atoms with van der Waals surface area (Å²) in [5.74, 6) is 1.27. The normalized spacial score (nSPS) is 23.6. The molecule has 0 radical (unpaired) electrons. The van der Waals surface area contributed by atoms with Crippen LogP contribution < -0.4 is 0 Å². The third-order valence-electron chi connectivity index (χ3n) is 3.62. The van der Waals surface area contributed by atoms with Crippen LogP contribution in [0.3, 0.4) is 0 Å². The van der Waals surface area contributed by atoms with Crippen molar-refractivity contribution in [1.82, 2.24) is 0 Å². The summed E-state index contributed by atoms with van der Waals surface area (Å²) >= 11 is 2.69. The van der Waals surface area contributed by atoms with Gasteiger partial charge in [-0.25, -0.2) is 4.79 Å². The molecule has 128 valence electrons. The molecule has 1 aliphatic heterocycles. The van der Waals surface area contributed by atoms with Crippen LogP contribution in [0.25, 0.3) is 0 Å². The molecule has 0 amide bonds. The average molecular weight is 368 g/mol. The lowest BCUT2D eigenvalue weighted by Crippen LogP contribution is -2.46. The highest BCUT2D eigenvalue weighted by Crippen LogP contribution is 2.38.